The number of benzene rings is 2. The lowest BCUT2D eigenvalue weighted by atomic mass is 9.95. The van der Waals surface area contributed by atoms with Crippen LogP contribution in [0.1, 0.15) is 27.9 Å². The molecule has 0 saturated carbocycles. The number of hydrogen-bond acceptors (Lipinski definition) is 7. The van der Waals surface area contributed by atoms with Crippen molar-refractivity contribution in [2.75, 3.05) is 12.0 Å². The van der Waals surface area contributed by atoms with Crippen molar-refractivity contribution in [3.8, 4) is 5.75 Å². The van der Waals surface area contributed by atoms with Gasteiger partial charge in [0.1, 0.15) is 17.3 Å². The second-order valence-electron chi connectivity index (χ2n) is 7.46. The highest BCUT2D eigenvalue weighted by Gasteiger charge is 2.46. The van der Waals surface area contributed by atoms with E-state index in [4.69, 9.17) is 9.15 Å². The van der Waals surface area contributed by atoms with Gasteiger partial charge in [0.05, 0.1) is 28.9 Å². The van der Waals surface area contributed by atoms with Crippen LogP contribution in [0, 0.1) is 12.7 Å². The summed E-state index contributed by atoms with van der Waals surface area (Å²) in [4.78, 5) is 32.3. The van der Waals surface area contributed by atoms with Crippen LogP contribution in [-0.4, -0.2) is 28.9 Å². The van der Waals surface area contributed by atoms with Gasteiger partial charge in [0, 0.05) is 0 Å². The van der Waals surface area contributed by atoms with Crippen molar-refractivity contribution < 1.29 is 28.2 Å². The maximum atomic E-state index is 13.7. The number of ketones is 1. The highest BCUT2D eigenvalue weighted by atomic mass is 32.1. The average molecular weight is 464 g/mol. The molecule has 0 fully saturated rings. The zero-order chi connectivity index (χ0) is 23.3. The number of hydrogen-bond donors (Lipinski definition) is 1. The molecule has 1 aliphatic heterocycles. The molecule has 1 amide bonds. The third-order valence-electron chi connectivity index (χ3n) is 5.39. The van der Waals surface area contributed by atoms with Gasteiger partial charge in [0.15, 0.2) is 16.7 Å². The summed E-state index contributed by atoms with van der Waals surface area (Å²) < 4.78 is 24.9. The van der Waals surface area contributed by atoms with Crippen molar-refractivity contribution in [1.29, 1.82) is 0 Å². The summed E-state index contributed by atoms with van der Waals surface area (Å²) in [6.45, 7) is 1.69. The summed E-state index contributed by atoms with van der Waals surface area (Å²) in [5, 5.41) is 11.0. The molecule has 166 valence electrons. The van der Waals surface area contributed by atoms with E-state index in [1.807, 2.05) is 0 Å². The van der Waals surface area contributed by atoms with Crippen LogP contribution in [0.25, 0.3) is 10.2 Å². The van der Waals surface area contributed by atoms with Crippen LogP contribution < -0.4 is 9.64 Å². The molecule has 0 bridgehead atoms. The molecule has 1 unspecified atom stereocenters. The molecular formula is C24H17FN2O5S. The smallest absolute Gasteiger partial charge is 0.296 e. The molecule has 4 aromatic rings. The highest BCUT2D eigenvalue weighted by Crippen LogP contribution is 2.44. The number of Topliss-reactive ketones (excluding diaryl/α,β-unsaturated/α-hetero) is 1. The van der Waals surface area contributed by atoms with Crippen LogP contribution in [0.2, 0.25) is 0 Å². The molecule has 0 radical (unpaired) electrons. The largest absolute Gasteiger partial charge is 0.503 e. The van der Waals surface area contributed by atoms with E-state index in [-0.39, 0.29) is 16.5 Å². The van der Waals surface area contributed by atoms with Crippen molar-refractivity contribution in [2.45, 2.75) is 13.0 Å². The van der Waals surface area contributed by atoms with Crippen molar-refractivity contribution in [2.24, 2.45) is 0 Å². The maximum Gasteiger partial charge on any atom is 0.296 e. The molecule has 5 rings (SSSR count). The number of nitrogens with zero attached hydrogens (tertiary/aromatic N) is 2. The summed E-state index contributed by atoms with van der Waals surface area (Å²) in [5.41, 5.74) is 0.939. The molecule has 2 aromatic heterocycles. The molecule has 3 heterocycles. The SMILES string of the molecule is COc1ccc(C2C(C(=O)c3ccc(C)o3)=C(O)C(=O)N2c2nc3ccc(F)cc3s2)cc1. The van der Waals surface area contributed by atoms with Crippen LogP contribution in [0.5, 0.6) is 5.75 Å². The van der Waals surface area contributed by atoms with Gasteiger partial charge in [0.2, 0.25) is 5.78 Å². The minimum Gasteiger partial charge on any atom is -0.503 e. The van der Waals surface area contributed by atoms with Gasteiger partial charge in [-0.15, -0.1) is 0 Å². The Bertz CT molecular complexity index is 1440. The van der Waals surface area contributed by atoms with Gasteiger partial charge in [-0.3, -0.25) is 14.5 Å². The number of anilines is 1. The number of aryl methyl sites for hydroxylation is 1. The van der Waals surface area contributed by atoms with E-state index < -0.39 is 29.3 Å². The van der Waals surface area contributed by atoms with Crippen molar-refractivity contribution in [3.05, 3.63) is 88.8 Å². The number of aliphatic hydroxyl groups excluding tert-OH is 1. The van der Waals surface area contributed by atoms with Gasteiger partial charge in [-0.05, 0) is 55.0 Å². The first-order valence-electron chi connectivity index (χ1n) is 9.95. The van der Waals surface area contributed by atoms with Crippen LogP contribution in [0.4, 0.5) is 9.52 Å². The molecule has 33 heavy (non-hydrogen) atoms. The molecule has 1 aliphatic rings. The Kier molecular flexibility index (Phi) is 4.98. The number of ether oxygens (including phenoxy) is 1. The molecule has 0 spiro atoms. The minimum atomic E-state index is -0.966. The number of methoxy groups -OCH3 is 1. The van der Waals surface area contributed by atoms with E-state index in [1.54, 1.807) is 37.3 Å². The number of furan rings is 1. The first-order chi connectivity index (χ1) is 15.9. The number of halogens is 1. The number of carbonyl (C=O) groups is 2. The molecule has 1 atom stereocenters. The van der Waals surface area contributed by atoms with Gasteiger partial charge in [0.25, 0.3) is 5.91 Å². The van der Waals surface area contributed by atoms with Crippen molar-refractivity contribution >= 4 is 38.4 Å². The number of amides is 1. The number of fused-ring (bicyclic) bond motifs is 1. The minimum absolute atomic E-state index is 0.00795. The third-order valence-corrected chi connectivity index (χ3v) is 6.41. The van der Waals surface area contributed by atoms with E-state index in [0.29, 0.717) is 27.3 Å². The molecule has 0 aliphatic carbocycles. The summed E-state index contributed by atoms with van der Waals surface area (Å²) in [6.07, 6.45) is 0. The first kappa shape index (κ1) is 20.9. The van der Waals surface area contributed by atoms with E-state index in [0.717, 1.165) is 11.3 Å². The van der Waals surface area contributed by atoms with Crippen LogP contribution in [0.3, 0.4) is 0 Å². The van der Waals surface area contributed by atoms with Gasteiger partial charge < -0.3 is 14.3 Å². The van der Waals surface area contributed by atoms with E-state index in [2.05, 4.69) is 4.98 Å². The van der Waals surface area contributed by atoms with Crippen LogP contribution >= 0.6 is 11.3 Å². The van der Waals surface area contributed by atoms with E-state index in [1.165, 1.54) is 36.3 Å². The first-order valence-corrected chi connectivity index (χ1v) is 10.8. The lowest BCUT2D eigenvalue weighted by molar-refractivity contribution is -0.117. The van der Waals surface area contributed by atoms with Crippen LogP contribution in [-0.2, 0) is 4.79 Å². The lowest BCUT2D eigenvalue weighted by Gasteiger charge is -2.24. The highest BCUT2D eigenvalue weighted by molar-refractivity contribution is 7.22. The zero-order valence-corrected chi connectivity index (χ0v) is 18.4. The Morgan fingerprint density at radius 2 is 1.94 bits per heavy atom. The van der Waals surface area contributed by atoms with E-state index >= 15 is 0 Å². The topological polar surface area (TPSA) is 92.9 Å². The fourth-order valence-corrected chi connectivity index (χ4v) is 4.83. The Morgan fingerprint density at radius 1 is 1.18 bits per heavy atom. The normalized spacial score (nSPS) is 16.2. The van der Waals surface area contributed by atoms with Crippen LogP contribution in [0.15, 0.2) is 70.3 Å². The monoisotopic (exact) mass is 464 g/mol. The Balaban J connectivity index is 1.67. The van der Waals surface area contributed by atoms with Crippen molar-refractivity contribution in [3.63, 3.8) is 0 Å². The Hall–Kier alpha value is -3.98. The molecule has 2 aromatic carbocycles. The standard InChI is InChI=1S/C24H17FN2O5S/c1-12-3-10-17(32-12)21(28)19-20(13-4-7-15(31-2)8-5-13)27(23(30)22(19)29)24-26-16-9-6-14(25)11-18(16)33-24/h3-11,20,29H,1-2H3. The van der Waals surface area contributed by atoms with Gasteiger partial charge >= 0.3 is 0 Å². The second kappa shape index (κ2) is 7.86. The average Bonchev–Trinajstić information content (AvgIpc) is 3.49. The van der Waals surface area contributed by atoms with Gasteiger partial charge in [-0.1, -0.05) is 23.5 Å². The fraction of sp³-hybridized carbons (Fsp3) is 0.125. The molecule has 0 saturated heterocycles. The maximum absolute atomic E-state index is 13.7. The number of thiazole rings is 1. The molecule has 9 heteroatoms. The lowest BCUT2D eigenvalue weighted by Crippen LogP contribution is -2.30. The number of aliphatic hydroxyl groups is 1. The van der Waals surface area contributed by atoms with E-state index in [9.17, 15) is 19.1 Å². The Labute approximate surface area is 191 Å². The van der Waals surface area contributed by atoms with Gasteiger partial charge in [-0.25, -0.2) is 9.37 Å². The quantitative estimate of drug-likeness (QED) is 0.412. The summed E-state index contributed by atoms with van der Waals surface area (Å²) in [5.74, 6) is -1.37. The predicted octanol–water partition coefficient (Wildman–Crippen LogP) is 5.13. The summed E-state index contributed by atoms with van der Waals surface area (Å²) in [7, 11) is 1.53. The molecule has 7 nitrogen and oxygen atoms in total. The third kappa shape index (κ3) is 3.46. The molecule has 1 N–H and O–H groups in total. The number of carbonyl (C=O) groups excluding carboxylic acids is 2. The second-order valence-corrected chi connectivity index (χ2v) is 8.47. The fourth-order valence-electron chi connectivity index (χ4n) is 3.81. The summed E-state index contributed by atoms with van der Waals surface area (Å²) >= 11 is 1.09. The number of rotatable bonds is 5. The number of aromatic nitrogens is 1. The Morgan fingerprint density at radius 3 is 2.61 bits per heavy atom. The zero-order valence-electron chi connectivity index (χ0n) is 17.5. The molecular weight excluding hydrogens is 447 g/mol. The predicted molar refractivity (Wildman–Crippen MR) is 120 cm³/mol. The summed E-state index contributed by atoms with van der Waals surface area (Å²) in [6, 6.07) is 13.1. The van der Waals surface area contributed by atoms with Gasteiger partial charge in [-0.2, -0.15) is 0 Å². The van der Waals surface area contributed by atoms with Crippen molar-refractivity contribution in [1.82, 2.24) is 4.98 Å².